The number of carbonyl (C=O) groups is 2. The highest BCUT2D eigenvalue weighted by Gasteiger charge is 2.43. The Morgan fingerprint density at radius 2 is 1.87 bits per heavy atom. The number of aromatic nitrogens is 2. The molecule has 200 valence electrons. The fourth-order valence-corrected chi connectivity index (χ4v) is 4.73. The molecule has 2 aromatic heterocycles. The molecule has 38 heavy (non-hydrogen) atoms. The van der Waals surface area contributed by atoms with Crippen molar-refractivity contribution in [2.45, 2.75) is 46.1 Å². The third-order valence-corrected chi connectivity index (χ3v) is 7.01. The van der Waals surface area contributed by atoms with Crippen molar-refractivity contribution in [1.29, 1.82) is 0 Å². The van der Waals surface area contributed by atoms with E-state index in [0.29, 0.717) is 18.6 Å². The lowest BCUT2D eigenvalue weighted by Gasteiger charge is -2.41. The predicted octanol–water partition coefficient (Wildman–Crippen LogP) is 5.58. The van der Waals surface area contributed by atoms with Gasteiger partial charge in [-0.3, -0.25) is 14.6 Å². The van der Waals surface area contributed by atoms with Gasteiger partial charge in [-0.05, 0) is 43.9 Å². The molecule has 0 saturated carbocycles. The lowest BCUT2D eigenvalue weighted by atomic mass is 9.75. The Morgan fingerprint density at radius 3 is 2.42 bits per heavy atom. The van der Waals surface area contributed by atoms with E-state index in [1.807, 2.05) is 6.92 Å². The number of ether oxygens (including phenoxy) is 1. The Bertz CT molecular complexity index is 1370. The highest BCUT2D eigenvalue weighted by Crippen LogP contribution is 2.47. The van der Waals surface area contributed by atoms with Gasteiger partial charge in [-0.15, -0.1) is 0 Å². The number of hydrogen-bond acceptors (Lipinski definition) is 5. The summed E-state index contributed by atoms with van der Waals surface area (Å²) in [6.07, 6.45) is 4.38. The van der Waals surface area contributed by atoms with Gasteiger partial charge in [-0.25, -0.2) is 18.2 Å². The molecule has 2 atom stereocenters. The second-order valence-electron chi connectivity index (χ2n) is 9.94. The van der Waals surface area contributed by atoms with Gasteiger partial charge in [0, 0.05) is 47.3 Å². The van der Waals surface area contributed by atoms with Crippen LogP contribution in [0.5, 0.6) is 0 Å². The Labute approximate surface area is 218 Å². The highest BCUT2D eigenvalue weighted by molar-refractivity contribution is 6.00. The number of halogens is 3. The molecule has 0 radical (unpaired) electrons. The number of nitrogens with two attached hydrogens (primary N) is 1. The van der Waals surface area contributed by atoms with Gasteiger partial charge in [0.25, 0.3) is 5.91 Å². The molecule has 1 aliphatic heterocycles. The van der Waals surface area contributed by atoms with E-state index in [9.17, 15) is 9.59 Å². The fraction of sp³-hybridized carbons (Fsp3) is 0.357. The van der Waals surface area contributed by atoms with Crippen molar-refractivity contribution in [1.82, 2.24) is 9.97 Å². The number of carbonyl (C=O) groups excluding carboxylic acids is 2. The van der Waals surface area contributed by atoms with E-state index in [-0.39, 0.29) is 28.4 Å². The van der Waals surface area contributed by atoms with Gasteiger partial charge in [0.15, 0.2) is 5.82 Å². The lowest BCUT2D eigenvalue weighted by molar-refractivity contribution is -0.118. The zero-order chi connectivity index (χ0) is 27.8. The van der Waals surface area contributed by atoms with Crippen molar-refractivity contribution < 1.29 is 27.5 Å². The molecular weight excluding hydrogens is 497 g/mol. The number of nitrogens with one attached hydrogen (secondary N) is 1. The average Bonchev–Trinajstić information content (AvgIpc) is 2.86. The standard InChI is InChI=1S/C28H29F3N4O3/c1-14(2)27(37)34-17-11-18(29)21(19(30)12-17)24-23(31)22(28(4)15(3)7-6-10-38-28)20(25(35-24)26(32)36)16-8-5-9-33-13-16/h5,8-9,11-15H,6-7,10H2,1-4H3,(H2,32,36)(H,34,37). The minimum absolute atomic E-state index is 0.0599. The molecule has 1 saturated heterocycles. The first-order valence-corrected chi connectivity index (χ1v) is 12.3. The largest absolute Gasteiger partial charge is 0.370 e. The van der Waals surface area contributed by atoms with Crippen LogP contribution in [-0.4, -0.2) is 28.4 Å². The number of anilines is 1. The molecule has 4 rings (SSSR count). The minimum atomic E-state index is -1.27. The zero-order valence-electron chi connectivity index (χ0n) is 21.6. The first-order chi connectivity index (χ1) is 18.0. The van der Waals surface area contributed by atoms with Crippen LogP contribution in [-0.2, 0) is 15.1 Å². The minimum Gasteiger partial charge on any atom is -0.370 e. The number of nitrogens with zero attached hydrogens (tertiary/aromatic N) is 2. The summed E-state index contributed by atoms with van der Waals surface area (Å²) in [6, 6.07) is 4.97. The van der Waals surface area contributed by atoms with Crippen molar-refractivity contribution in [2.24, 2.45) is 17.6 Å². The van der Waals surface area contributed by atoms with Gasteiger partial charge in [-0.2, -0.15) is 0 Å². The van der Waals surface area contributed by atoms with E-state index in [2.05, 4.69) is 15.3 Å². The second-order valence-corrected chi connectivity index (χ2v) is 9.94. The molecule has 3 heterocycles. The molecule has 3 aromatic rings. The number of hydrogen-bond donors (Lipinski definition) is 2. The van der Waals surface area contributed by atoms with E-state index in [4.69, 9.17) is 10.5 Å². The molecule has 10 heteroatoms. The molecule has 0 bridgehead atoms. The molecule has 1 aliphatic rings. The van der Waals surface area contributed by atoms with Crippen molar-refractivity contribution in [3.63, 3.8) is 0 Å². The number of amides is 2. The molecule has 0 aliphatic carbocycles. The van der Waals surface area contributed by atoms with E-state index in [1.54, 1.807) is 32.9 Å². The summed E-state index contributed by atoms with van der Waals surface area (Å²) in [5, 5.41) is 2.42. The van der Waals surface area contributed by atoms with Gasteiger partial charge >= 0.3 is 0 Å². The molecule has 0 spiro atoms. The molecule has 7 nitrogen and oxygen atoms in total. The summed E-state index contributed by atoms with van der Waals surface area (Å²) in [6.45, 7) is 7.13. The quantitative estimate of drug-likeness (QED) is 0.436. The van der Waals surface area contributed by atoms with E-state index in [1.165, 1.54) is 12.4 Å². The van der Waals surface area contributed by atoms with Crippen LogP contribution in [0, 0.1) is 29.3 Å². The molecule has 1 fully saturated rings. The summed E-state index contributed by atoms with van der Waals surface area (Å²) < 4.78 is 53.5. The number of primary amides is 1. The maximum Gasteiger partial charge on any atom is 0.267 e. The van der Waals surface area contributed by atoms with Crippen LogP contribution < -0.4 is 11.1 Å². The summed E-state index contributed by atoms with van der Waals surface area (Å²) in [4.78, 5) is 32.8. The van der Waals surface area contributed by atoms with E-state index in [0.717, 1.165) is 18.6 Å². The monoisotopic (exact) mass is 526 g/mol. The Balaban J connectivity index is 2.04. The van der Waals surface area contributed by atoms with Crippen LogP contribution in [0.15, 0.2) is 36.7 Å². The summed E-state index contributed by atoms with van der Waals surface area (Å²) in [5.74, 6) is -5.50. The van der Waals surface area contributed by atoms with E-state index < -0.39 is 52.0 Å². The van der Waals surface area contributed by atoms with Crippen LogP contribution >= 0.6 is 0 Å². The first kappa shape index (κ1) is 27.3. The number of rotatable bonds is 6. The van der Waals surface area contributed by atoms with Crippen LogP contribution in [0.3, 0.4) is 0 Å². The molecule has 2 amide bonds. The fourth-order valence-electron chi connectivity index (χ4n) is 4.73. The van der Waals surface area contributed by atoms with Crippen LogP contribution in [0.1, 0.15) is 56.6 Å². The van der Waals surface area contributed by atoms with Gasteiger partial charge in [0.2, 0.25) is 5.91 Å². The summed E-state index contributed by atoms with van der Waals surface area (Å²) >= 11 is 0. The second kappa shape index (κ2) is 10.5. The van der Waals surface area contributed by atoms with Gasteiger partial charge in [-0.1, -0.05) is 26.8 Å². The van der Waals surface area contributed by atoms with Crippen LogP contribution in [0.25, 0.3) is 22.4 Å². The van der Waals surface area contributed by atoms with Crippen molar-refractivity contribution in [3.8, 4) is 22.4 Å². The van der Waals surface area contributed by atoms with Crippen molar-refractivity contribution in [2.75, 3.05) is 11.9 Å². The molecule has 1 aromatic carbocycles. The average molecular weight is 527 g/mol. The zero-order valence-corrected chi connectivity index (χ0v) is 21.6. The van der Waals surface area contributed by atoms with Crippen molar-refractivity contribution >= 4 is 17.5 Å². The van der Waals surface area contributed by atoms with Crippen LogP contribution in [0.2, 0.25) is 0 Å². The van der Waals surface area contributed by atoms with E-state index >= 15 is 13.2 Å². The van der Waals surface area contributed by atoms with Gasteiger partial charge in [0.05, 0.1) is 11.2 Å². The van der Waals surface area contributed by atoms with Crippen LogP contribution in [0.4, 0.5) is 18.9 Å². The first-order valence-electron chi connectivity index (χ1n) is 12.3. The number of benzene rings is 1. The molecule has 3 N–H and O–H groups in total. The molecule has 2 unspecified atom stereocenters. The van der Waals surface area contributed by atoms with Gasteiger partial charge in [0.1, 0.15) is 23.0 Å². The summed E-state index contributed by atoms with van der Waals surface area (Å²) in [7, 11) is 0. The molecular formula is C28H29F3N4O3. The van der Waals surface area contributed by atoms with Gasteiger partial charge < -0.3 is 15.8 Å². The van der Waals surface area contributed by atoms with Crippen molar-refractivity contribution in [3.05, 3.63) is 65.4 Å². The maximum atomic E-state index is 16.6. The Morgan fingerprint density at radius 1 is 1.18 bits per heavy atom. The summed E-state index contributed by atoms with van der Waals surface area (Å²) in [5.41, 5.74) is 2.73. The Hall–Kier alpha value is -3.79. The topological polar surface area (TPSA) is 107 Å². The third-order valence-electron chi connectivity index (χ3n) is 7.01. The number of pyridine rings is 2. The normalized spacial score (nSPS) is 19.4. The predicted molar refractivity (Wildman–Crippen MR) is 136 cm³/mol. The highest BCUT2D eigenvalue weighted by atomic mass is 19.1. The SMILES string of the molecule is CC(C)C(=O)Nc1cc(F)c(-c2nc(C(N)=O)c(-c3cccnc3)c(C3(C)OCCCC3C)c2F)c(F)c1. The Kier molecular flexibility index (Phi) is 7.55. The lowest BCUT2D eigenvalue weighted by Crippen LogP contribution is -2.40. The smallest absolute Gasteiger partial charge is 0.267 e. The third kappa shape index (κ3) is 4.88. The maximum absolute atomic E-state index is 16.6.